The fraction of sp³-hybridized carbons (Fsp3) is 0.611. The zero-order chi connectivity index (χ0) is 17.4. The van der Waals surface area contributed by atoms with Gasteiger partial charge in [-0.1, -0.05) is 6.42 Å². The number of aliphatic imine (C=N–C) groups is 1. The van der Waals surface area contributed by atoms with Crippen LogP contribution in [-0.2, 0) is 11.2 Å². The van der Waals surface area contributed by atoms with Gasteiger partial charge in [-0.15, -0.1) is 24.0 Å². The number of rotatable bonds is 8. The standard InChI is InChI=1S/C18H27F2N3O.HI/c1-21-17(23-13-18(7-3-8-18)9-11-24-2)22-10-6-14-12-15(19)4-5-16(14)20;/h4-5,12H,3,6-11,13H2,1-2H3,(H2,21,22,23);1H. The molecule has 1 aromatic carbocycles. The van der Waals surface area contributed by atoms with Crippen molar-refractivity contribution in [1.29, 1.82) is 0 Å². The number of ether oxygens (including phenoxy) is 1. The predicted octanol–water partition coefficient (Wildman–Crippen LogP) is 3.50. The Morgan fingerprint density at radius 1 is 1.28 bits per heavy atom. The zero-order valence-corrected chi connectivity index (χ0v) is 17.2. The first kappa shape index (κ1) is 22.1. The highest BCUT2D eigenvalue weighted by Crippen LogP contribution is 2.43. The summed E-state index contributed by atoms with van der Waals surface area (Å²) < 4.78 is 32.0. The van der Waals surface area contributed by atoms with Crippen LogP contribution in [0.4, 0.5) is 8.78 Å². The van der Waals surface area contributed by atoms with Gasteiger partial charge in [0, 0.05) is 33.9 Å². The molecule has 2 rings (SSSR count). The molecule has 0 amide bonds. The Labute approximate surface area is 165 Å². The number of guanidine groups is 1. The molecule has 1 aliphatic rings. The van der Waals surface area contributed by atoms with Gasteiger partial charge in [0.15, 0.2) is 5.96 Å². The van der Waals surface area contributed by atoms with Crippen molar-refractivity contribution in [2.24, 2.45) is 10.4 Å². The SMILES string of the molecule is CN=C(NCCc1cc(F)ccc1F)NCC1(CCOC)CCC1.I. The summed E-state index contributed by atoms with van der Waals surface area (Å²) in [4.78, 5) is 4.20. The first-order chi connectivity index (χ1) is 11.6. The van der Waals surface area contributed by atoms with Gasteiger partial charge in [0.1, 0.15) is 11.6 Å². The number of hydrogen-bond donors (Lipinski definition) is 2. The quantitative estimate of drug-likeness (QED) is 0.350. The number of hydrogen-bond acceptors (Lipinski definition) is 2. The second kappa shape index (κ2) is 10.9. The van der Waals surface area contributed by atoms with E-state index in [-0.39, 0.29) is 29.8 Å². The summed E-state index contributed by atoms with van der Waals surface area (Å²) in [5.41, 5.74) is 0.663. The maximum absolute atomic E-state index is 13.6. The highest BCUT2D eigenvalue weighted by Gasteiger charge is 2.36. The lowest BCUT2D eigenvalue weighted by atomic mass is 9.67. The third-order valence-electron chi connectivity index (χ3n) is 4.80. The van der Waals surface area contributed by atoms with E-state index in [0.717, 1.165) is 31.7 Å². The van der Waals surface area contributed by atoms with Crippen molar-refractivity contribution < 1.29 is 13.5 Å². The molecule has 0 spiro atoms. The summed E-state index contributed by atoms with van der Waals surface area (Å²) in [6.45, 7) is 2.11. The van der Waals surface area contributed by atoms with Crippen LogP contribution in [0.25, 0.3) is 0 Å². The Hall–Kier alpha value is -0.960. The second-order valence-electron chi connectivity index (χ2n) is 6.43. The van der Waals surface area contributed by atoms with Crippen molar-refractivity contribution in [2.45, 2.75) is 32.1 Å². The van der Waals surface area contributed by atoms with E-state index in [9.17, 15) is 8.78 Å². The Kier molecular flexibility index (Phi) is 9.63. The number of methoxy groups -OCH3 is 1. The van der Waals surface area contributed by atoms with Gasteiger partial charge in [-0.25, -0.2) is 8.78 Å². The second-order valence-corrected chi connectivity index (χ2v) is 6.43. The molecule has 4 nitrogen and oxygen atoms in total. The summed E-state index contributed by atoms with van der Waals surface area (Å²) in [5, 5.41) is 6.51. The van der Waals surface area contributed by atoms with E-state index in [2.05, 4.69) is 15.6 Å². The van der Waals surface area contributed by atoms with Crippen molar-refractivity contribution in [1.82, 2.24) is 10.6 Å². The molecular formula is C18H28F2IN3O. The number of halogens is 3. The predicted molar refractivity (Wildman–Crippen MR) is 108 cm³/mol. The van der Waals surface area contributed by atoms with Gasteiger partial charge < -0.3 is 15.4 Å². The van der Waals surface area contributed by atoms with E-state index in [0.29, 0.717) is 29.9 Å². The van der Waals surface area contributed by atoms with Crippen LogP contribution in [-0.4, -0.2) is 39.8 Å². The average Bonchev–Trinajstić information content (AvgIpc) is 2.54. The van der Waals surface area contributed by atoms with Crippen LogP contribution in [0.5, 0.6) is 0 Å². The Bertz CT molecular complexity index is 565. The first-order valence-corrected chi connectivity index (χ1v) is 8.46. The summed E-state index contributed by atoms with van der Waals surface area (Å²) in [6.07, 6.45) is 5.11. The average molecular weight is 467 g/mol. The highest BCUT2D eigenvalue weighted by molar-refractivity contribution is 14.0. The topological polar surface area (TPSA) is 45.7 Å². The molecule has 1 fully saturated rings. The smallest absolute Gasteiger partial charge is 0.191 e. The summed E-state index contributed by atoms with van der Waals surface area (Å²) in [5.74, 6) is -0.108. The molecule has 2 N–H and O–H groups in total. The minimum absolute atomic E-state index is 0. The van der Waals surface area contributed by atoms with Gasteiger partial charge in [0.25, 0.3) is 0 Å². The van der Waals surface area contributed by atoms with Gasteiger partial charge in [0.05, 0.1) is 0 Å². The van der Waals surface area contributed by atoms with E-state index >= 15 is 0 Å². The molecule has 0 aromatic heterocycles. The molecule has 0 unspecified atom stereocenters. The first-order valence-electron chi connectivity index (χ1n) is 8.46. The van der Waals surface area contributed by atoms with Crippen LogP contribution in [0.15, 0.2) is 23.2 Å². The third kappa shape index (κ3) is 6.69. The van der Waals surface area contributed by atoms with Crippen LogP contribution in [0.2, 0.25) is 0 Å². The van der Waals surface area contributed by atoms with Crippen molar-refractivity contribution >= 4 is 29.9 Å². The Morgan fingerprint density at radius 3 is 2.64 bits per heavy atom. The zero-order valence-electron chi connectivity index (χ0n) is 14.9. The third-order valence-corrected chi connectivity index (χ3v) is 4.80. The molecule has 1 aliphatic carbocycles. The van der Waals surface area contributed by atoms with E-state index in [4.69, 9.17) is 4.74 Å². The van der Waals surface area contributed by atoms with Crippen molar-refractivity contribution in [3.05, 3.63) is 35.4 Å². The minimum atomic E-state index is -0.418. The van der Waals surface area contributed by atoms with E-state index in [1.165, 1.54) is 25.3 Å². The maximum atomic E-state index is 13.6. The lowest BCUT2D eigenvalue weighted by molar-refractivity contribution is 0.0732. The highest BCUT2D eigenvalue weighted by atomic mass is 127. The van der Waals surface area contributed by atoms with E-state index in [1.807, 2.05) is 0 Å². The normalized spacial score (nSPS) is 15.9. The monoisotopic (exact) mass is 467 g/mol. The molecular weight excluding hydrogens is 439 g/mol. The van der Waals surface area contributed by atoms with Crippen molar-refractivity contribution in [2.75, 3.05) is 33.9 Å². The molecule has 0 atom stereocenters. The van der Waals surface area contributed by atoms with E-state index in [1.54, 1.807) is 14.2 Å². The van der Waals surface area contributed by atoms with Gasteiger partial charge in [-0.2, -0.15) is 0 Å². The molecule has 0 bridgehead atoms. The number of nitrogens with one attached hydrogen (secondary N) is 2. The number of benzene rings is 1. The molecule has 0 aliphatic heterocycles. The number of nitrogens with zero attached hydrogens (tertiary/aromatic N) is 1. The molecule has 0 saturated heterocycles. The minimum Gasteiger partial charge on any atom is -0.385 e. The van der Waals surface area contributed by atoms with Gasteiger partial charge in [0.2, 0.25) is 0 Å². The molecule has 25 heavy (non-hydrogen) atoms. The van der Waals surface area contributed by atoms with Gasteiger partial charge in [-0.3, -0.25) is 4.99 Å². The molecule has 1 aromatic rings. The summed E-state index contributed by atoms with van der Waals surface area (Å²) in [6, 6.07) is 3.53. The van der Waals surface area contributed by atoms with Crippen LogP contribution in [0, 0.1) is 17.0 Å². The van der Waals surface area contributed by atoms with Crippen molar-refractivity contribution in [3.8, 4) is 0 Å². The lowest BCUT2D eigenvalue weighted by Crippen LogP contribution is -2.47. The van der Waals surface area contributed by atoms with Crippen LogP contribution >= 0.6 is 24.0 Å². The van der Waals surface area contributed by atoms with E-state index < -0.39 is 5.82 Å². The fourth-order valence-electron chi connectivity index (χ4n) is 3.05. The molecule has 0 heterocycles. The molecule has 142 valence electrons. The van der Waals surface area contributed by atoms with Crippen LogP contribution in [0.3, 0.4) is 0 Å². The summed E-state index contributed by atoms with van der Waals surface area (Å²) >= 11 is 0. The van der Waals surface area contributed by atoms with Crippen LogP contribution in [0.1, 0.15) is 31.2 Å². The largest absolute Gasteiger partial charge is 0.385 e. The summed E-state index contributed by atoms with van der Waals surface area (Å²) in [7, 11) is 3.44. The molecule has 1 saturated carbocycles. The lowest BCUT2D eigenvalue weighted by Gasteiger charge is -2.42. The van der Waals surface area contributed by atoms with Gasteiger partial charge >= 0.3 is 0 Å². The Morgan fingerprint density at radius 2 is 2.04 bits per heavy atom. The fourth-order valence-corrected chi connectivity index (χ4v) is 3.05. The maximum Gasteiger partial charge on any atom is 0.191 e. The molecule has 7 heteroatoms. The Balaban J connectivity index is 0.00000312. The van der Waals surface area contributed by atoms with Gasteiger partial charge in [-0.05, 0) is 54.9 Å². The van der Waals surface area contributed by atoms with Crippen molar-refractivity contribution in [3.63, 3.8) is 0 Å². The van der Waals surface area contributed by atoms with Crippen LogP contribution < -0.4 is 10.6 Å². The molecule has 0 radical (unpaired) electrons.